The van der Waals surface area contributed by atoms with Crippen molar-refractivity contribution >= 4 is 38.3 Å². The van der Waals surface area contributed by atoms with Crippen LogP contribution in [-0.2, 0) is 5.88 Å². The Morgan fingerprint density at radius 1 is 1.14 bits per heavy atom. The molecule has 2 aromatic carbocycles. The van der Waals surface area contributed by atoms with E-state index in [0.717, 1.165) is 32.3 Å². The lowest BCUT2D eigenvalue weighted by Gasteiger charge is -2.10. The molecule has 0 bridgehead atoms. The average Bonchev–Trinajstić information content (AvgIpc) is 2.50. The van der Waals surface area contributed by atoms with Gasteiger partial charge in [-0.2, -0.15) is 0 Å². The van der Waals surface area contributed by atoms with Crippen molar-refractivity contribution in [3.63, 3.8) is 0 Å². The fourth-order valence-corrected chi connectivity index (χ4v) is 2.97. The largest absolute Gasteiger partial charge is 0.438 e. The van der Waals surface area contributed by atoms with Crippen LogP contribution >= 0.6 is 27.5 Å². The van der Waals surface area contributed by atoms with Crippen molar-refractivity contribution in [3.8, 4) is 11.6 Å². The lowest BCUT2D eigenvalue weighted by atomic mass is 10.1. The van der Waals surface area contributed by atoms with Crippen molar-refractivity contribution in [1.29, 1.82) is 0 Å². The predicted octanol–water partition coefficient (Wildman–Crippen LogP) is 5.84. The lowest BCUT2D eigenvalue weighted by molar-refractivity contribution is 0.459. The summed E-state index contributed by atoms with van der Waals surface area (Å²) in [7, 11) is 0. The van der Waals surface area contributed by atoms with Crippen molar-refractivity contribution < 1.29 is 4.74 Å². The van der Waals surface area contributed by atoms with Gasteiger partial charge in [-0.1, -0.05) is 30.3 Å². The highest BCUT2D eigenvalue weighted by atomic mass is 79.9. The first-order valence-electron chi connectivity index (χ1n) is 6.56. The molecule has 0 fully saturated rings. The molecule has 21 heavy (non-hydrogen) atoms. The van der Waals surface area contributed by atoms with Crippen molar-refractivity contribution in [1.82, 2.24) is 4.98 Å². The number of rotatable bonds is 3. The second kappa shape index (κ2) is 6.04. The number of fused-ring (bicyclic) bond motifs is 1. The van der Waals surface area contributed by atoms with E-state index in [9.17, 15) is 0 Å². The number of hydrogen-bond acceptors (Lipinski definition) is 2. The number of benzene rings is 2. The minimum atomic E-state index is 0.443. The number of halogens is 2. The van der Waals surface area contributed by atoms with E-state index >= 15 is 0 Å². The summed E-state index contributed by atoms with van der Waals surface area (Å²) in [5.74, 6) is 1.74. The Morgan fingerprint density at radius 3 is 2.76 bits per heavy atom. The van der Waals surface area contributed by atoms with E-state index in [-0.39, 0.29) is 0 Å². The van der Waals surface area contributed by atoms with Crippen LogP contribution in [0.15, 0.2) is 53.0 Å². The SMILES string of the molecule is Cc1cc(CCl)cc(Oc2ccc3ccccc3c2Br)n1. The summed E-state index contributed by atoms with van der Waals surface area (Å²) in [6, 6.07) is 15.9. The molecule has 1 heterocycles. The number of hydrogen-bond donors (Lipinski definition) is 0. The Bertz CT molecular complexity index is 804. The number of aromatic nitrogens is 1. The molecule has 1 aromatic heterocycles. The van der Waals surface area contributed by atoms with Gasteiger partial charge < -0.3 is 4.74 Å². The molecule has 2 nitrogen and oxygen atoms in total. The first-order valence-corrected chi connectivity index (χ1v) is 7.89. The smallest absolute Gasteiger partial charge is 0.219 e. The maximum Gasteiger partial charge on any atom is 0.219 e. The Kier molecular flexibility index (Phi) is 4.13. The molecular weight excluding hydrogens is 350 g/mol. The maximum absolute atomic E-state index is 5.92. The van der Waals surface area contributed by atoms with Gasteiger partial charge in [0.25, 0.3) is 0 Å². The second-order valence-electron chi connectivity index (χ2n) is 4.79. The first-order chi connectivity index (χ1) is 10.2. The third kappa shape index (κ3) is 3.04. The third-order valence-electron chi connectivity index (χ3n) is 3.19. The summed E-state index contributed by atoms with van der Waals surface area (Å²) >= 11 is 9.51. The molecule has 0 atom stereocenters. The van der Waals surface area contributed by atoms with E-state index in [1.54, 1.807) is 0 Å². The van der Waals surface area contributed by atoms with Crippen LogP contribution in [0.4, 0.5) is 0 Å². The second-order valence-corrected chi connectivity index (χ2v) is 5.85. The topological polar surface area (TPSA) is 22.1 Å². The standard InChI is InChI=1S/C17H13BrClNO/c1-11-8-12(10-19)9-16(20-11)21-15-7-6-13-4-2-3-5-14(13)17(15)18/h2-9H,10H2,1H3. The summed E-state index contributed by atoms with van der Waals surface area (Å²) in [6.45, 7) is 1.93. The van der Waals surface area contributed by atoms with E-state index in [0.29, 0.717) is 11.8 Å². The minimum absolute atomic E-state index is 0.443. The zero-order chi connectivity index (χ0) is 14.8. The molecule has 0 aliphatic carbocycles. The molecule has 0 aliphatic rings. The monoisotopic (exact) mass is 361 g/mol. The van der Waals surface area contributed by atoms with E-state index in [4.69, 9.17) is 16.3 Å². The normalized spacial score (nSPS) is 10.8. The fourth-order valence-electron chi connectivity index (χ4n) is 2.24. The third-order valence-corrected chi connectivity index (χ3v) is 4.31. The summed E-state index contributed by atoms with van der Waals surface area (Å²) in [5, 5.41) is 2.27. The van der Waals surface area contributed by atoms with Gasteiger partial charge in [-0.15, -0.1) is 11.6 Å². The molecule has 0 radical (unpaired) electrons. The first kappa shape index (κ1) is 14.4. The molecular formula is C17H13BrClNO. The van der Waals surface area contributed by atoms with Gasteiger partial charge in [-0.05, 0) is 51.3 Å². The highest BCUT2D eigenvalue weighted by Gasteiger charge is 2.08. The van der Waals surface area contributed by atoms with E-state index < -0.39 is 0 Å². The van der Waals surface area contributed by atoms with E-state index in [2.05, 4.69) is 33.0 Å². The minimum Gasteiger partial charge on any atom is -0.438 e. The van der Waals surface area contributed by atoms with Gasteiger partial charge in [0.05, 0.1) is 4.47 Å². The van der Waals surface area contributed by atoms with Gasteiger partial charge in [0, 0.05) is 17.6 Å². The van der Waals surface area contributed by atoms with Crippen LogP contribution in [0, 0.1) is 6.92 Å². The molecule has 3 rings (SSSR count). The van der Waals surface area contributed by atoms with Gasteiger partial charge in [0.2, 0.25) is 5.88 Å². The molecule has 106 valence electrons. The molecule has 3 aromatic rings. The highest BCUT2D eigenvalue weighted by molar-refractivity contribution is 9.10. The molecule has 0 spiro atoms. The van der Waals surface area contributed by atoms with E-state index in [1.165, 1.54) is 0 Å². The molecule has 0 N–H and O–H groups in total. The predicted molar refractivity (Wildman–Crippen MR) is 90.3 cm³/mol. The molecule has 0 saturated heterocycles. The molecule has 0 saturated carbocycles. The van der Waals surface area contributed by atoms with Crippen LogP contribution in [0.25, 0.3) is 10.8 Å². The quantitative estimate of drug-likeness (QED) is 0.546. The molecule has 0 unspecified atom stereocenters. The summed E-state index contributed by atoms with van der Waals surface area (Å²) in [6.07, 6.45) is 0. The van der Waals surface area contributed by atoms with Gasteiger partial charge in [0.1, 0.15) is 5.75 Å². The molecule has 0 amide bonds. The lowest BCUT2D eigenvalue weighted by Crippen LogP contribution is -1.93. The van der Waals surface area contributed by atoms with Crippen LogP contribution < -0.4 is 4.74 Å². The van der Waals surface area contributed by atoms with Crippen molar-refractivity contribution in [2.75, 3.05) is 0 Å². The van der Waals surface area contributed by atoms with Crippen molar-refractivity contribution in [3.05, 3.63) is 64.3 Å². The number of nitrogens with zero attached hydrogens (tertiary/aromatic N) is 1. The summed E-state index contributed by atoms with van der Waals surface area (Å²) < 4.78 is 6.85. The Hall–Kier alpha value is -1.58. The van der Waals surface area contributed by atoms with Crippen LogP contribution in [0.2, 0.25) is 0 Å². The Labute approximate surface area is 136 Å². The fraction of sp³-hybridized carbons (Fsp3) is 0.118. The zero-order valence-electron chi connectivity index (χ0n) is 11.4. The summed E-state index contributed by atoms with van der Waals surface area (Å²) in [5.41, 5.74) is 1.89. The molecule has 0 aliphatic heterocycles. The number of ether oxygens (including phenoxy) is 1. The van der Waals surface area contributed by atoms with Gasteiger partial charge >= 0.3 is 0 Å². The van der Waals surface area contributed by atoms with Crippen molar-refractivity contribution in [2.45, 2.75) is 12.8 Å². The van der Waals surface area contributed by atoms with Gasteiger partial charge in [-0.3, -0.25) is 0 Å². The maximum atomic E-state index is 5.92. The number of aryl methyl sites for hydroxylation is 1. The summed E-state index contributed by atoms with van der Waals surface area (Å²) in [4.78, 5) is 4.40. The average molecular weight is 363 g/mol. The van der Waals surface area contributed by atoms with Gasteiger partial charge in [-0.25, -0.2) is 4.98 Å². The Morgan fingerprint density at radius 2 is 1.95 bits per heavy atom. The molecule has 4 heteroatoms. The number of alkyl halides is 1. The van der Waals surface area contributed by atoms with Crippen LogP contribution in [0.1, 0.15) is 11.3 Å². The van der Waals surface area contributed by atoms with Crippen molar-refractivity contribution in [2.24, 2.45) is 0 Å². The number of pyridine rings is 1. The van der Waals surface area contributed by atoms with E-state index in [1.807, 2.05) is 43.3 Å². The van der Waals surface area contributed by atoms with Crippen LogP contribution in [0.3, 0.4) is 0 Å². The van der Waals surface area contributed by atoms with Crippen LogP contribution in [-0.4, -0.2) is 4.98 Å². The Balaban J connectivity index is 2.02. The zero-order valence-corrected chi connectivity index (χ0v) is 13.8. The highest BCUT2D eigenvalue weighted by Crippen LogP contribution is 2.35. The van der Waals surface area contributed by atoms with Crippen LogP contribution in [0.5, 0.6) is 11.6 Å². The van der Waals surface area contributed by atoms with Gasteiger partial charge in [0.15, 0.2) is 0 Å².